The zero-order chi connectivity index (χ0) is 13.0. The number of carbonyl (C=O) groups is 3. The predicted octanol–water partition coefficient (Wildman–Crippen LogP) is -0.0312. The highest BCUT2D eigenvalue weighted by atomic mass is 32.3. The van der Waals surface area contributed by atoms with Gasteiger partial charge < -0.3 is 18.2 Å². The molecule has 1 N–H and O–H groups in total. The smallest absolute Gasteiger partial charge is 0.364 e. The first kappa shape index (κ1) is 11.2. The Balaban J connectivity index is 2.15. The third-order valence-corrected chi connectivity index (χ3v) is 4.01. The van der Waals surface area contributed by atoms with E-state index in [0.29, 0.717) is 0 Å². The van der Waals surface area contributed by atoms with Gasteiger partial charge in [-0.05, 0) is 4.52 Å². The molecule has 10 heteroatoms. The number of fused-ring (bicyclic) bond motifs is 2. The highest BCUT2D eigenvalue weighted by molar-refractivity contribution is 8.27. The van der Waals surface area contributed by atoms with Crippen LogP contribution in [0.4, 0.5) is 0 Å². The topological polar surface area (TPSA) is 124 Å². The Kier molecular flexibility index (Phi) is 2.04. The lowest BCUT2D eigenvalue weighted by atomic mass is 9.96. The van der Waals surface area contributed by atoms with Crippen molar-refractivity contribution in [3.8, 4) is 0 Å². The number of ether oxygens (including phenoxy) is 1. The van der Waals surface area contributed by atoms with Gasteiger partial charge in [0.25, 0.3) is 5.88 Å². The van der Waals surface area contributed by atoms with Crippen LogP contribution in [-0.2, 0) is 27.5 Å². The first-order valence-electron chi connectivity index (χ1n) is 4.78. The van der Waals surface area contributed by atoms with E-state index in [-0.39, 0.29) is 5.88 Å². The minimum atomic E-state index is -3.05. The summed E-state index contributed by atoms with van der Waals surface area (Å²) in [7, 11) is -3.05. The average molecular weight is 274 g/mol. The van der Waals surface area contributed by atoms with Crippen molar-refractivity contribution in [2.45, 2.75) is 18.4 Å². The van der Waals surface area contributed by atoms with E-state index in [4.69, 9.17) is 13.1 Å². The van der Waals surface area contributed by atoms with E-state index in [1.54, 1.807) is 0 Å². The SMILES string of the molecule is O=C1CC2(O)CC(=O)OS3(C=C(N=N3)O1)OC2=O. The summed E-state index contributed by atoms with van der Waals surface area (Å²) in [4.78, 5) is 34.8. The van der Waals surface area contributed by atoms with Crippen LogP contribution in [-0.4, -0.2) is 28.6 Å². The quantitative estimate of drug-likeness (QED) is 0.615. The van der Waals surface area contributed by atoms with Gasteiger partial charge in [-0.2, -0.15) is 0 Å². The first-order chi connectivity index (χ1) is 8.41. The van der Waals surface area contributed by atoms with Crippen LogP contribution in [0.5, 0.6) is 0 Å². The lowest BCUT2D eigenvalue weighted by molar-refractivity contribution is -0.164. The fraction of sp³-hybridized carbons (Fsp3) is 0.375. The second-order valence-electron chi connectivity index (χ2n) is 3.84. The van der Waals surface area contributed by atoms with Crippen LogP contribution < -0.4 is 0 Å². The summed E-state index contributed by atoms with van der Waals surface area (Å²) in [6.45, 7) is 0. The van der Waals surface area contributed by atoms with E-state index < -0.39 is 47.1 Å². The molecule has 96 valence electrons. The van der Waals surface area contributed by atoms with Gasteiger partial charge in [0, 0.05) is 10.8 Å². The number of hydrogen-bond acceptors (Lipinski definition) is 9. The normalized spacial score (nSPS) is 41.4. The average Bonchev–Trinajstić information content (AvgIpc) is 2.55. The van der Waals surface area contributed by atoms with Crippen LogP contribution in [0.2, 0.25) is 0 Å². The fourth-order valence-corrected chi connectivity index (χ4v) is 3.09. The molecule has 3 heterocycles. The number of rotatable bonds is 0. The molecule has 2 atom stereocenters. The van der Waals surface area contributed by atoms with E-state index in [2.05, 4.69) is 9.63 Å². The van der Waals surface area contributed by atoms with Crippen LogP contribution in [0.3, 0.4) is 0 Å². The summed E-state index contributed by atoms with van der Waals surface area (Å²) >= 11 is 0. The molecule has 1 spiro atoms. The van der Waals surface area contributed by atoms with Crippen molar-refractivity contribution in [3.05, 3.63) is 11.3 Å². The third kappa shape index (κ3) is 1.57. The maximum atomic E-state index is 11.8. The van der Waals surface area contributed by atoms with E-state index >= 15 is 0 Å². The van der Waals surface area contributed by atoms with E-state index in [9.17, 15) is 19.5 Å². The zero-order valence-corrected chi connectivity index (χ0v) is 9.51. The molecule has 9 nitrogen and oxygen atoms in total. The lowest BCUT2D eigenvalue weighted by Crippen LogP contribution is -2.42. The summed E-state index contributed by atoms with van der Waals surface area (Å²) in [5, 5.41) is 14.5. The molecule has 0 aromatic carbocycles. The molecule has 0 aliphatic carbocycles. The molecule has 0 saturated carbocycles. The molecule has 1 saturated heterocycles. The Bertz CT molecular complexity index is 544. The van der Waals surface area contributed by atoms with Crippen LogP contribution >= 0.6 is 10.8 Å². The van der Waals surface area contributed by atoms with Crippen LogP contribution in [0.1, 0.15) is 12.8 Å². The van der Waals surface area contributed by atoms with Gasteiger partial charge in [0.1, 0.15) is 5.41 Å². The van der Waals surface area contributed by atoms with Gasteiger partial charge in [-0.3, -0.25) is 4.79 Å². The number of hydrogen-bond donors (Lipinski definition) is 1. The van der Waals surface area contributed by atoms with Crippen molar-refractivity contribution >= 4 is 28.7 Å². The summed E-state index contributed by atoms with van der Waals surface area (Å²) in [5.74, 6) is -3.18. The fourth-order valence-electron chi connectivity index (χ4n) is 1.60. The molecule has 2 unspecified atom stereocenters. The molecule has 0 aromatic rings. The first-order valence-corrected chi connectivity index (χ1v) is 6.28. The Hall–Kier alpha value is -1.94. The molecule has 0 aromatic heterocycles. The van der Waals surface area contributed by atoms with Crippen molar-refractivity contribution in [1.82, 2.24) is 0 Å². The van der Waals surface area contributed by atoms with Crippen molar-refractivity contribution in [2.24, 2.45) is 9.63 Å². The Morgan fingerprint density at radius 1 is 1.22 bits per heavy atom. The molecule has 18 heavy (non-hydrogen) atoms. The maximum absolute atomic E-state index is 11.8. The van der Waals surface area contributed by atoms with Gasteiger partial charge >= 0.3 is 17.9 Å². The number of nitrogens with zero attached hydrogens (tertiary/aromatic N) is 2. The molecule has 1 fully saturated rings. The third-order valence-electron chi connectivity index (χ3n) is 2.38. The van der Waals surface area contributed by atoms with Crippen LogP contribution in [0.25, 0.3) is 0 Å². The molecular formula is C8H6N2O7S. The number of carbonyl (C=O) groups excluding carboxylic acids is 3. The summed E-state index contributed by atoms with van der Waals surface area (Å²) in [6.07, 6.45) is -1.42. The second-order valence-corrected chi connectivity index (χ2v) is 5.60. The van der Waals surface area contributed by atoms with Gasteiger partial charge in [0.05, 0.1) is 12.8 Å². The Labute approximate surface area is 101 Å². The molecule has 0 radical (unpaired) electrons. The molecular weight excluding hydrogens is 268 g/mol. The van der Waals surface area contributed by atoms with Crippen molar-refractivity contribution < 1.29 is 32.6 Å². The van der Waals surface area contributed by atoms with E-state index in [1.807, 2.05) is 0 Å². The Morgan fingerprint density at radius 2 is 1.94 bits per heavy atom. The van der Waals surface area contributed by atoms with E-state index in [1.165, 1.54) is 0 Å². The Morgan fingerprint density at radius 3 is 2.72 bits per heavy atom. The molecule has 3 rings (SSSR count). The summed E-state index contributed by atoms with van der Waals surface area (Å²) in [5.41, 5.74) is -2.29. The van der Waals surface area contributed by atoms with Gasteiger partial charge in [-0.1, -0.05) is 5.11 Å². The maximum Gasteiger partial charge on any atom is 0.364 e. The minimum absolute atomic E-state index is 0.221. The molecule has 3 aliphatic rings. The van der Waals surface area contributed by atoms with Gasteiger partial charge in [0.2, 0.25) is 0 Å². The number of esters is 1. The van der Waals surface area contributed by atoms with Gasteiger partial charge in [-0.15, -0.1) is 0 Å². The van der Waals surface area contributed by atoms with Crippen molar-refractivity contribution in [3.63, 3.8) is 0 Å². The van der Waals surface area contributed by atoms with Crippen molar-refractivity contribution in [2.75, 3.05) is 0 Å². The highest BCUT2D eigenvalue weighted by Gasteiger charge is 2.52. The summed E-state index contributed by atoms with van der Waals surface area (Å²) in [6, 6.07) is 0. The second kappa shape index (κ2) is 3.29. The van der Waals surface area contributed by atoms with Crippen molar-refractivity contribution in [1.29, 1.82) is 0 Å². The molecule has 3 aliphatic heterocycles. The zero-order valence-electron chi connectivity index (χ0n) is 8.69. The van der Waals surface area contributed by atoms with Crippen LogP contribution in [0, 0.1) is 0 Å². The highest BCUT2D eigenvalue weighted by Crippen LogP contribution is 2.61. The van der Waals surface area contributed by atoms with Crippen LogP contribution in [0.15, 0.2) is 20.9 Å². The minimum Gasteiger partial charge on any atom is -0.404 e. The molecule has 0 amide bonds. The standard InChI is InChI=1S/C8H6N2O7S/c11-5-1-8(14)2-6(12)16-18(17-7(8)13)3-4(15-5)9-10-18/h3,14H,1-2H2. The monoisotopic (exact) mass is 274 g/mol. The van der Waals surface area contributed by atoms with Gasteiger partial charge in [-0.25, -0.2) is 9.59 Å². The lowest BCUT2D eigenvalue weighted by Gasteiger charge is -2.27. The van der Waals surface area contributed by atoms with E-state index in [0.717, 1.165) is 5.41 Å². The summed E-state index contributed by atoms with van der Waals surface area (Å²) < 4.78 is 18.0. The molecule has 3 bridgehead atoms. The van der Waals surface area contributed by atoms with Gasteiger partial charge in [0.15, 0.2) is 5.60 Å². The number of aliphatic hydroxyl groups is 1. The largest absolute Gasteiger partial charge is 0.404 e. The predicted molar refractivity (Wildman–Crippen MR) is 53.0 cm³/mol.